The van der Waals surface area contributed by atoms with E-state index in [-0.39, 0.29) is 11.9 Å². The van der Waals surface area contributed by atoms with Gasteiger partial charge in [0.1, 0.15) is 5.82 Å². The van der Waals surface area contributed by atoms with Gasteiger partial charge in [0.25, 0.3) is 0 Å². The topological polar surface area (TPSA) is 24.9 Å². The summed E-state index contributed by atoms with van der Waals surface area (Å²) in [4.78, 5) is 4.52. The van der Waals surface area contributed by atoms with Gasteiger partial charge in [-0.3, -0.25) is 4.98 Å². The molecule has 1 aromatic heterocycles. The van der Waals surface area contributed by atoms with Crippen LogP contribution in [0.5, 0.6) is 0 Å². The molecule has 0 fully saturated rings. The Morgan fingerprint density at radius 3 is 2.67 bits per heavy atom. The maximum absolute atomic E-state index is 13.9. The van der Waals surface area contributed by atoms with E-state index in [1.807, 2.05) is 37.4 Å². The van der Waals surface area contributed by atoms with Crippen molar-refractivity contribution in [1.29, 1.82) is 0 Å². The first-order valence-electron chi connectivity index (χ1n) is 6.97. The van der Waals surface area contributed by atoms with Crippen molar-refractivity contribution in [2.75, 3.05) is 7.05 Å². The Morgan fingerprint density at radius 1 is 1.10 bits per heavy atom. The molecule has 21 heavy (non-hydrogen) atoms. The Kier molecular flexibility index (Phi) is 3.67. The fraction of sp³-hybridized carbons (Fsp3) is 0.167. The van der Waals surface area contributed by atoms with Crippen LogP contribution < -0.4 is 5.32 Å². The minimum absolute atomic E-state index is 0.133. The summed E-state index contributed by atoms with van der Waals surface area (Å²) in [6.07, 6.45) is 1.80. The smallest absolute Gasteiger partial charge is 0.126 e. The van der Waals surface area contributed by atoms with Gasteiger partial charge >= 0.3 is 0 Å². The molecule has 0 saturated carbocycles. The molecule has 1 atom stereocenters. The van der Waals surface area contributed by atoms with Crippen LogP contribution in [0.2, 0.25) is 0 Å². The molecule has 2 nitrogen and oxygen atoms in total. The molecular weight excluding hydrogens is 263 g/mol. The Bertz CT molecular complexity index is 778. The largest absolute Gasteiger partial charge is 0.308 e. The van der Waals surface area contributed by atoms with E-state index in [9.17, 15) is 4.39 Å². The monoisotopic (exact) mass is 280 g/mol. The lowest BCUT2D eigenvalue weighted by Gasteiger charge is -2.18. The molecule has 0 aliphatic heterocycles. The van der Waals surface area contributed by atoms with Crippen molar-refractivity contribution in [1.82, 2.24) is 10.3 Å². The van der Waals surface area contributed by atoms with E-state index >= 15 is 0 Å². The van der Waals surface area contributed by atoms with Crippen molar-refractivity contribution in [2.45, 2.75) is 13.0 Å². The third-order valence-corrected chi connectivity index (χ3v) is 3.80. The first kappa shape index (κ1) is 13.7. The number of nitrogens with one attached hydrogen (secondary N) is 1. The molecule has 0 spiro atoms. The Labute approximate surface area is 123 Å². The number of nitrogens with zero attached hydrogens (tertiary/aromatic N) is 1. The minimum Gasteiger partial charge on any atom is -0.308 e. The summed E-state index contributed by atoms with van der Waals surface area (Å²) >= 11 is 0. The van der Waals surface area contributed by atoms with E-state index in [2.05, 4.69) is 16.4 Å². The quantitative estimate of drug-likeness (QED) is 0.784. The molecule has 0 aliphatic rings. The number of hydrogen-bond acceptors (Lipinski definition) is 2. The van der Waals surface area contributed by atoms with E-state index in [1.54, 1.807) is 25.3 Å². The van der Waals surface area contributed by atoms with E-state index in [4.69, 9.17) is 0 Å². The van der Waals surface area contributed by atoms with Gasteiger partial charge in [0.05, 0.1) is 11.7 Å². The first-order chi connectivity index (χ1) is 10.2. The lowest BCUT2D eigenvalue weighted by atomic mass is 9.98. The van der Waals surface area contributed by atoms with E-state index in [0.717, 1.165) is 22.0 Å². The zero-order chi connectivity index (χ0) is 14.8. The van der Waals surface area contributed by atoms with Crippen LogP contribution in [0, 0.1) is 12.7 Å². The lowest BCUT2D eigenvalue weighted by Crippen LogP contribution is -2.19. The molecule has 1 unspecified atom stereocenters. The van der Waals surface area contributed by atoms with Crippen LogP contribution in [0.4, 0.5) is 4.39 Å². The van der Waals surface area contributed by atoms with Gasteiger partial charge in [0.2, 0.25) is 0 Å². The van der Waals surface area contributed by atoms with Crippen molar-refractivity contribution in [3.05, 3.63) is 77.4 Å². The van der Waals surface area contributed by atoms with E-state index < -0.39 is 0 Å². The van der Waals surface area contributed by atoms with Crippen LogP contribution in [-0.2, 0) is 0 Å². The molecule has 1 N–H and O–H groups in total. The molecule has 0 bridgehead atoms. The summed E-state index contributed by atoms with van der Waals surface area (Å²) in [6.45, 7) is 1.77. The van der Waals surface area contributed by atoms with Gasteiger partial charge in [-0.1, -0.05) is 36.4 Å². The van der Waals surface area contributed by atoms with Crippen LogP contribution in [0.25, 0.3) is 10.8 Å². The van der Waals surface area contributed by atoms with Crippen LogP contribution in [0.15, 0.2) is 54.7 Å². The zero-order valence-corrected chi connectivity index (χ0v) is 12.1. The molecule has 3 aromatic rings. The highest BCUT2D eigenvalue weighted by Crippen LogP contribution is 2.27. The zero-order valence-electron chi connectivity index (χ0n) is 12.1. The van der Waals surface area contributed by atoms with Gasteiger partial charge in [-0.25, -0.2) is 4.39 Å². The fourth-order valence-corrected chi connectivity index (χ4v) is 2.62. The third kappa shape index (κ3) is 2.52. The number of rotatable bonds is 3. The normalized spacial score (nSPS) is 12.5. The second-order valence-electron chi connectivity index (χ2n) is 5.15. The van der Waals surface area contributed by atoms with Crippen molar-refractivity contribution < 1.29 is 4.39 Å². The predicted octanol–water partition coefficient (Wildman–Crippen LogP) is 3.99. The minimum atomic E-state index is -0.187. The first-order valence-corrected chi connectivity index (χ1v) is 6.97. The Balaban J connectivity index is 2.16. The van der Waals surface area contributed by atoms with Gasteiger partial charge in [-0.05, 0) is 42.6 Å². The number of fused-ring (bicyclic) bond motifs is 1. The van der Waals surface area contributed by atoms with Crippen molar-refractivity contribution >= 4 is 10.8 Å². The number of aryl methyl sites for hydroxylation is 1. The van der Waals surface area contributed by atoms with Gasteiger partial charge in [-0.2, -0.15) is 0 Å². The molecule has 3 heteroatoms. The standard InChI is InChI=1S/C18H17FN2/c1-12-7-8-14(11-16(12)19)17(20-2)18-15-6-4-3-5-13(15)9-10-21-18/h3-11,17,20H,1-2H3. The molecule has 1 heterocycles. The van der Waals surface area contributed by atoms with Gasteiger partial charge < -0.3 is 5.32 Å². The number of halogens is 1. The number of hydrogen-bond donors (Lipinski definition) is 1. The summed E-state index contributed by atoms with van der Waals surface area (Å²) in [6, 6.07) is 15.3. The average molecular weight is 280 g/mol. The number of aromatic nitrogens is 1. The number of pyridine rings is 1. The maximum atomic E-state index is 13.9. The number of benzene rings is 2. The Hall–Kier alpha value is -2.26. The predicted molar refractivity (Wildman–Crippen MR) is 83.8 cm³/mol. The lowest BCUT2D eigenvalue weighted by molar-refractivity contribution is 0.606. The van der Waals surface area contributed by atoms with Crippen LogP contribution in [0.1, 0.15) is 22.9 Å². The van der Waals surface area contributed by atoms with Crippen molar-refractivity contribution in [3.8, 4) is 0 Å². The highest BCUT2D eigenvalue weighted by atomic mass is 19.1. The third-order valence-electron chi connectivity index (χ3n) is 3.80. The van der Waals surface area contributed by atoms with Crippen LogP contribution >= 0.6 is 0 Å². The van der Waals surface area contributed by atoms with Gasteiger partial charge in [0, 0.05) is 11.6 Å². The second-order valence-corrected chi connectivity index (χ2v) is 5.15. The molecular formula is C18H17FN2. The Morgan fingerprint density at radius 2 is 1.90 bits per heavy atom. The fourth-order valence-electron chi connectivity index (χ4n) is 2.62. The van der Waals surface area contributed by atoms with Gasteiger partial charge in [0.15, 0.2) is 0 Å². The molecule has 0 amide bonds. The molecule has 106 valence electrons. The molecule has 2 aromatic carbocycles. The summed E-state index contributed by atoms with van der Waals surface area (Å²) in [7, 11) is 1.87. The van der Waals surface area contributed by atoms with Crippen molar-refractivity contribution in [2.24, 2.45) is 0 Å². The van der Waals surface area contributed by atoms with Crippen molar-refractivity contribution in [3.63, 3.8) is 0 Å². The summed E-state index contributed by atoms with van der Waals surface area (Å²) in [5.41, 5.74) is 2.45. The summed E-state index contributed by atoms with van der Waals surface area (Å²) in [5.74, 6) is -0.187. The molecule has 0 aliphatic carbocycles. The highest BCUT2D eigenvalue weighted by molar-refractivity contribution is 5.85. The van der Waals surface area contributed by atoms with Crippen LogP contribution in [-0.4, -0.2) is 12.0 Å². The molecule has 0 saturated heterocycles. The van der Waals surface area contributed by atoms with E-state index in [0.29, 0.717) is 5.56 Å². The highest BCUT2D eigenvalue weighted by Gasteiger charge is 2.17. The van der Waals surface area contributed by atoms with Gasteiger partial charge in [-0.15, -0.1) is 0 Å². The molecule has 0 radical (unpaired) electrons. The average Bonchev–Trinajstić information content (AvgIpc) is 2.52. The maximum Gasteiger partial charge on any atom is 0.126 e. The SMILES string of the molecule is CNC(c1ccc(C)c(F)c1)c1nccc2ccccc12. The van der Waals surface area contributed by atoms with Crippen LogP contribution in [0.3, 0.4) is 0 Å². The second kappa shape index (κ2) is 5.62. The van der Waals surface area contributed by atoms with E-state index in [1.165, 1.54) is 0 Å². The summed E-state index contributed by atoms with van der Waals surface area (Å²) in [5, 5.41) is 5.46. The molecule has 3 rings (SSSR count). The summed E-state index contributed by atoms with van der Waals surface area (Å²) < 4.78 is 13.9.